The number of carbonyl (C=O) groups excluding carboxylic acids is 1. The third-order valence-corrected chi connectivity index (χ3v) is 7.36. The molecule has 1 aromatic carbocycles. The maximum atomic E-state index is 12.7. The Kier molecular flexibility index (Phi) is 5.45. The average molecular weight is 394 g/mol. The van der Waals surface area contributed by atoms with Crippen LogP contribution in [0.15, 0.2) is 24.3 Å². The first-order chi connectivity index (χ1) is 12.3. The van der Waals surface area contributed by atoms with Crippen molar-refractivity contribution in [3.8, 4) is 0 Å². The highest BCUT2D eigenvalue weighted by Crippen LogP contribution is 2.21. The molecule has 0 saturated carbocycles. The third kappa shape index (κ3) is 4.13. The summed E-state index contributed by atoms with van der Waals surface area (Å²) in [6.07, 6.45) is 0. The van der Waals surface area contributed by atoms with Crippen LogP contribution >= 0.6 is 11.3 Å². The zero-order chi connectivity index (χ0) is 18.9. The van der Waals surface area contributed by atoms with Crippen molar-refractivity contribution in [1.82, 2.24) is 14.2 Å². The first kappa shape index (κ1) is 19.0. The van der Waals surface area contributed by atoms with E-state index in [2.05, 4.69) is 4.98 Å². The molecule has 1 amide bonds. The quantitative estimate of drug-likeness (QED) is 0.800. The van der Waals surface area contributed by atoms with Gasteiger partial charge in [-0.05, 0) is 26.3 Å². The molecule has 0 spiro atoms. The molecule has 3 rings (SSSR count). The van der Waals surface area contributed by atoms with Crippen LogP contribution in [-0.4, -0.2) is 54.7 Å². The molecule has 0 atom stereocenters. The maximum absolute atomic E-state index is 12.7. The number of thiazole rings is 1. The predicted octanol–water partition coefficient (Wildman–Crippen LogP) is 2.36. The molecule has 2 heterocycles. The van der Waals surface area contributed by atoms with Crippen molar-refractivity contribution >= 4 is 27.3 Å². The molecule has 2 aromatic rings. The van der Waals surface area contributed by atoms with Gasteiger partial charge in [0.25, 0.3) is 5.91 Å². The summed E-state index contributed by atoms with van der Waals surface area (Å²) in [6.45, 7) is 7.13. The summed E-state index contributed by atoms with van der Waals surface area (Å²) in [4.78, 5) is 19.3. The first-order valence-corrected chi connectivity index (χ1v) is 11.0. The molecule has 1 aliphatic heterocycles. The van der Waals surface area contributed by atoms with Gasteiger partial charge >= 0.3 is 0 Å². The Labute approximate surface area is 158 Å². The van der Waals surface area contributed by atoms with E-state index in [-0.39, 0.29) is 11.7 Å². The van der Waals surface area contributed by atoms with E-state index in [0.29, 0.717) is 31.1 Å². The smallest absolute Gasteiger partial charge is 0.265 e. The number of aromatic nitrogens is 1. The normalized spacial score (nSPS) is 16.0. The minimum Gasteiger partial charge on any atom is -0.335 e. The van der Waals surface area contributed by atoms with Crippen LogP contribution in [0.25, 0.3) is 0 Å². The lowest BCUT2D eigenvalue weighted by atomic mass is 10.2. The Bertz CT molecular complexity index is 914. The molecular weight excluding hydrogens is 370 g/mol. The monoisotopic (exact) mass is 393 g/mol. The van der Waals surface area contributed by atoms with E-state index in [1.54, 1.807) is 4.90 Å². The molecule has 0 unspecified atom stereocenters. The van der Waals surface area contributed by atoms with Gasteiger partial charge in [-0.2, -0.15) is 4.31 Å². The van der Waals surface area contributed by atoms with Gasteiger partial charge < -0.3 is 4.90 Å². The number of amides is 1. The lowest BCUT2D eigenvalue weighted by molar-refractivity contribution is 0.0701. The summed E-state index contributed by atoms with van der Waals surface area (Å²) in [6, 6.07) is 7.55. The Hall–Kier alpha value is -1.77. The summed E-state index contributed by atoms with van der Waals surface area (Å²) in [7, 11) is -3.39. The van der Waals surface area contributed by atoms with E-state index in [0.717, 1.165) is 21.8 Å². The van der Waals surface area contributed by atoms with Crippen molar-refractivity contribution in [1.29, 1.82) is 0 Å². The average Bonchev–Trinajstić information content (AvgIpc) is 2.92. The van der Waals surface area contributed by atoms with Crippen LogP contribution in [0.5, 0.6) is 0 Å². The second-order valence-corrected chi connectivity index (χ2v) is 9.76. The van der Waals surface area contributed by atoms with Gasteiger partial charge in [-0.3, -0.25) is 4.79 Å². The first-order valence-electron chi connectivity index (χ1n) is 8.53. The van der Waals surface area contributed by atoms with Gasteiger partial charge in [-0.25, -0.2) is 13.4 Å². The lowest BCUT2D eigenvalue weighted by Gasteiger charge is -2.33. The standard InChI is InChI=1S/C18H23N3O3S2/c1-13-5-4-6-16(11-13)12-26(23,24)21-9-7-20(8-10-21)18(22)17-14(2)19-15(3)25-17/h4-6,11H,7-10,12H2,1-3H3. The molecule has 6 nitrogen and oxygen atoms in total. The number of nitrogens with zero attached hydrogens (tertiary/aromatic N) is 3. The van der Waals surface area contributed by atoms with Gasteiger partial charge in [0, 0.05) is 26.2 Å². The van der Waals surface area contributed by atoms with E-state index < -0.39 is 10.0 Å². The van der Waals surface area contributed by atoms with Crippen molar-refractivity contribution in [2.75, 3.05) is 26.2 Å². The van der Waals surface area contributed by atoms with Crippen LogP contribution in [0.4, 0.5) is 0 Å². The summed E-state index contributed by atoms with van der Waals surface area (Å²) < 4.78 is 26.9. The van der Waals surface area contributed by atoms with E-state index >= 15 is 0 Å². The number of aryl methyl sites for hydroxylation is 3. The van der Waals surface area contributed by atoms with Crippen molar-refractivity contribution in [2.24, 2.45) is 0 Å². The van der Waals surface area contributed by atoms with Gasteiger partial charge in [0.1, 0.15) is 4.88 Å². The summed E-state index contributed by atoms with van der Waals surface area (Å²) >= 11 is 1.39. The zero-order valence-corrected chi connectivity index (χ0v) is 16.9. The van der Waals surface area contributed by atoms with Crippen molar-refractivity contribution in [3.63, 3.8) is 0 Å². The number of hydrogen-bond acceptors (Lipinski definition) is 5. The molecule has 0 aliphatic carbocycles. The Morgan fingerprint density at radius 3 is 2.42 bits per heavy atom. The summed E-state index contributed by atoms with van der Waals surface area (Å²) in [5, 5.41) is 0.866. The molecule has 8 heteroatoms. The molecule has 1 saturated heterocycles. The van der Waals surface area contributed by atoms with E-state index in [9.17, 15) is 13.2 Å². The van der Waals surface area contributed by atoms with Crippen LogP contribution in [0.1, 0.15) is 31.5 Å². The topological polar surface area (TPSA) is 70.6 Å². The maximum Gasteiger partial charge on any atom is 0.265 e. The fourth-order valence-electron chi connectivity index (χ4n) is 3.15. The van der Waals surface area contributed by atoms with E-state index in [4.69, 9.17) is 0 Å². The number of hydrogen-bond donors (Lipinski definition) is 0. The highest BCUT2D eigenvalue weighted by atomic mass is 32.2. The van der Waals surface area contributed by atoms with Crippen LogP contribution in [0.2, 0.25) is 0 Å². The SMILES string of the molecule is Cc1cccc(CS(=O)(=O)N2CCN(C(=O)c3sc(C)nc3C)CC2)c1. The molecular formula is C18H23N3O3S2. The van der Waals surface area contributed by atoms with Gasteiger partial charge in [0.15, 0.2) is 0 Å². The van der Waals surface area contributed by atoms with Crippen LogP contribution in [0.3, 0.4) is 0 Å². The fourth-order valence-corrected chi connectivity index (χ4v) is 5.54. The van der Waals surface area contributed by atoms with Gasteiger partial charge in [0.2, 0.25) is 10.0 Å². The third-order valence-electron chi connectivity index (χ3n) is 4.45. The molecule has 140 valence electrons. The Morgan fingerprint density at radius 2 is 1.85 bits per heavy atom. The number of benzene rings is 1. The Morgan fingerprint density at radius 1 is 1.15 bits per heavy atom. The molecule has 0 radical (unpaired) electrons. The number of rotatable bonds is 4. The molecule has 0 N–H and O–H groups in total. The number of piperazine rings is 1. The second-order valence-electron chi connectivity index (χ2n) is 6.58. The van der Waals surface area contributed by atoms with Gasteiger partial charge in [-0.1, -0.05) is 29.8 Å². The molecule has 1 fully saturated rings. The molecule has 1 aromatic heterocycles. The second kappa shape index (κ2) is 7.46. The van der Waals surface area contributed by atoms with Crippen molar-refractivity contribution in [2.45, 2.75) is 26.5 Å². The minimum atomic E-state index is -3.39. The minimum absolute atomic E-state index is 0.00419. The van der Waals surface area contributed by atoms with E-state index in [1.165, 1.54) is 15.6 Å². The highest BCUT2D eigenvalue weighted by Gasteiger charge is 2.30. The highest BCUT2D eigenvalue weighted by molar-refractivity contribution is 7.88. The van der Waals surface area contributed by atoms with Gasteiger partial charge in [0.05, 0.1) is 16.5 Å². The Balaban J connectivity index is 1.64. The number of carbonyl (C=O) groups is 1. The number of sulfonamides is 1. The van der Waals surface area contributed by atoms with E-state index in [1.807, 2.05) is 45.0 Å². The predicted molar refractivity (Wildman–Crippen MR) is 103 cm³/mol. The van der Waals surface area contributed by atoms with Gasteiger partial charge in [-0.15, -0.1) is 11.3 Å². The van der Waals surface area contributed by atoms with Crippen LogP contribution < -0.4 is 0 Å². The molecule has 1 aliphatic rings. The zero-order valence-electron chi connectivity index (χ0n) is 15.2. The molecule has 0 bridgehead atoms. The summed E-state index contributed by atoms with van der Waals surface area (Å²) in [5.41, 5.74) is 2.58. The summed E-state index contributed by atoms with van der Waals surface area (Å²) in [5.74, 6) is -0.0562. The van der Waals surface area contributed by atoms with Crippen LogP contribution in [0, 0.1) is 20.8 Å². The fraction of sp³-hybridized carbons (Fsp3) is 0.444. The van der Waals surface area contributed by atoms with Crippen molar-refractivity contribution in [3.05, 3.63) is 51.0 Å². The van der Waals surface area contributed by atoms with Crippen molar-refractivity contribution < 1.29 is 13.2 Å². The van der Waals surface area contributed by atoms with Crippen LogP contribution in [-0.2, 0) is 15.8 Å². The molecule has 26 heavy (non-hydrogen) atoms. The lowest BCUT2D eigenvalue weighted by Crippen LogP contribution is -2.50. The largest absolute Gasteiger partial charge is 0.335 e.